The molecule has 18 heavy (non-hydrogen) atoms. The van der Waals surface area contributed by atoms with Gasteiger partial charge in [0.05, 0.1) is 11.0 Å². The van der Waals surface area contributed by atoms with Crippen molar-refractivity contribution in [2.45, 2.75) is 19.0 Å². The fourth-order valence-corrected chi connectivity index (χ4v) is 1.55. The molecule has 1 aromatic carbocycles. The Morgan fingerprint density at radius 2 is 2.00 bits per heavy atom. The molecule has 1 rings (SSSR count). The van der Waals surface area contributed by atoms with Crippen molar-refractivity contribution >= 4 is 11.4 Å². The minimum Gasteiger partial charge on any atom is -0.382 e. The molecule has 1 aromatic rings. The van der Waals surface area contributed by atoms with E-state index in [1.54, 1.807) is 0 Å². The van der Waals surface area contributed by atoms with Crippen LogP contribution in [0.3, 0.4) is 0 Å². The molecule has 0 saturated heterocycles. The molecule has 100 valence electrons. The molecule has 0 unspecified atom stereocenters. The van der Waals surface area contributed by atoms with Crippen molar-refractivity contribution in [2.75, 3.05) is 12.4 Å². The molecule has 0 spiro atoms. The molecule has 0 radical (unpaired) electrons. The lowest BCUT2D eigenvalue weighted by Crippen LogP contribution is -2.10. The first kappa shape index (κ1) is 14.2. The fraction of sp³-hybridized carbons (Fsp3) is 0.400. The van der Waals surface area contributed by atoms with Crippen LogP contribution in [0.15, 0.2) is 12.1 Å². The number of alkyl halides is 3. The summed E-state index contributed by atoms with van der Waals surface area (Å²) in [4.78, 5) is 9.82. The number of aryl methyl sites for hydroxylation is 1. The number of rotatable bonds is 4. The quantitative estimate of drug-likeness (QED) is 0.517. The maximum Gasteiger partial charge on any atom is 0.389 e. The molecule has 0 atom stereocenters. The van der Waals surface area contributed by atoms with E-state index in [0.29, 0.717) is 6.07 Å². The molecule has 0 amide bonds. The third-order valence-electron chi connectivity index (χ3n) is 2.29. The molecule has 4 nitrogen and oxygen atoms in total. The van der Waals surface area contributed by atoms with E-state index in [4.69, 9.17) is 0 Å². The monoisotopic (exact) mass is 266 g/mol. The highest BCUT2D eigenvalue weighted by molar-refractivity contribution is 5.66. The number of hydrogen-bond acceptors (Lipinski definition) is 3. The summed E-state index contributed by atoms with van der Waals surface area (Å²) < 4.78 is 49.4. The van der Waals surface area contributed by atoms with Gasteiger partial charge in [-0.05, 0) is 18.1 Å². The summed E-state index contributed by atoms with van der Waals surface area (Å²) in [5.74, 6) is -0.933. The summed E-state index contributed by atoms with van der Waals surface area (Å²) >= 11 is 0. The number of anilines is 1. The fourth-order valence-electron chi connectivity index (χ4n) is 1.55. The van der Waals surface area contributed by atoms with Crippen molar-refractivity contribution in [3.63, 3.8) is 0 Å². The van der Waals surface area contributed by atoms with Gasteiger partial charge in [0, 0.05) is 13.5 Å². The minimum atomic E-state index is -4.40. The standard InChI is InChI=1S/C10H10F4N2O2/c1-15-9-6(2-3-10(12,13)14)4-7(11)5-8(9)16(17)18/h4-5,15H,2-3H2,1H3. The maximum absolute atomic E-state index is 13.1. The molecule has 0 aliphatic rings. The molecule has 8 heteroatoms. The highest BCUT2D eigenvalue weighted by Gasteiger charge is 2.28. The van der Waals surface area contributed by atoms with Gasteiger partial charge in [-0.15, -0.1) is 0 Å². The summed E-state index contributed by atoms with van der Waals surface area (Å²) in [5.41, 5.74) is -0.734. The normalized spacial score (nSPS) is 11.4. The smallest absolute Gasteiger partial charge is 0.382 e. The predicted molar refractivity (Wildman–Crippen MR) is 57.0 cm³/mol. The van der Waals surface area contributed by atoms with E-state index < -0.39 is 35.4 Å². The second-order valence-electron chi connectivity index (χ2n) is 3.58. The highest BCUT2D eigenvalue weighted by atomic mass is 19.4. The van der Waals surface area contributed by atoms with Gasteiger partial charge in [0.1, 0.15) is 11.5 Å². The Bertz CT molecular complexity index is 460. The predicted octanol–water partition coefficient (Wildman–Crippen LogP) is 3.27. The van der Waals surface area contributed by atoms with Gasteiger partial charge in [0.2, 0.25) is 0 Å². The van der Waals surface area contributed by atoms with Gasteiger partial charge in [-0.2, -0.15) is 13.2 Å². The van der Waals surface area contributed by atoms with Crippen molar-refractivity contribution in [3.05, 3.63) is 33.6 Å². The van der Waals surface area contributed by atoms with Crippen LogP contribution in [-0.2, 0) is 6.42 Å². The van der Waals surface area contributed by atoms with Gasteiger partial charge < -0.3 is 5.32 Å². The lowest BCUT2D eigenvalue weighted by molar-refractivity contribution is -0.384. The largest absolute Gasteiger partial charge is 0.389 e. The van der Waals surface area contributed by atoms with Gasteiger partial charge in [0.15, 0.2) is 0 Å². The van der Waals surface area contributed by atoms with E-state index in [0.717, 1.165) is 6.07 Å². The van der Waals surface area contributed by atoms with Crippen LogP contribution in [0.2, 0.25) is 0 Å². The molecule has 0 aliphatic carbocycles. The lowest BCUT2D eigenvalue weighted by Gasteiger charge is -2.11. The van der Waals surface area contributed by atoms with Gasteiger partial charge in [-0.25, -0.2) is 4.39 Å². The Labute approximate surface area is 99.8 Å². The van der Waals surface area contributed by atoms with E-state index >= 15 is 0 Å². The Morgan fingerprint density at radius 3 is 2.44 bits per heavy atom. The molecular formula is C10H10F4N2O2. The SMILES string of the molecule is CNc1c(CCC(F)(F)F)cc(F)cc1[N+](=O)[O-]. The Hall–Kier alpha value is -1.86. The van der Waals surface area contributed by atoms with Crippen LogP contribution in [-0.4, -0.2) is 18.1 Å². The van der Waals surface area contributed by atoms with Crippen molar-refractivity contribution < 1.29 is 22.5 Å². The van der Waals surface area contributed by atoms with Crippen LogP contribution in [0.25, 0.3) is 0 Å². The van der Waals surface area contributed by atoms with Crippen LogP contribution >= 0.6 is 0 Å². The van der Waals surface area contributed by atoms with Crippen molar-refractivity contribution in [2.24, 2.45) is 0 Å². The topological polar surface area (TPSA) is 55.2 Å². The van der Waals surface area contributed by atoms with Crippen LogP contribution in [0.4, 0.5) is 28.9 Å². The molecule has 0 saturated carbocycles. The first-order valence-electron chi connectivity index (χ1n) is 4.96. The van der Waals surface area contributed by atoms with Gasteiger partial charge in [-0.3, -0.25) is 10.1 Å². The van der Waals surface area contributed by atoms with E-state index in [1.165, 1.54) is 7.05 Å². The number of nitro benzene ring substituents is 1. The first-order valence-corrected chi connectivity index (χ1v) is 4.96. The molecular weight excluding hydrogens is 256 g/mol. The summed E-state index contributed by atoms with van der Waals surface area (Å²) in [6.45, 7) is 0. The van der Waals surface area contributed by atoms with Gasteiger partial charge in [0.25, 0.3) is 5.69 Å². The zero-order valence-electron chi connectivity index (χ0n) is 9.34. The summed E-state index contributed by atoms with van der Waals surface area (Å²) in [7, 11) is 1.33. The summed E-state index contributed by atoms with van der Waals surface area (Å²) in [6, 6.07) is 1.54. The van der Waals surface area contributed by atoms with E-state index in [2.05, 4.69) is 5.32 Å². The second kappa shape index (κ2) is 5.19. The van der Waals surface area contributed by atoms with Gasteiger partial charge in [-0.1, -0.05) is 0 Å². The Morgan fingerprint density at radius 1 is 1.39 bits per heavy atom. The third kappa shape index (κ3) is 3.57. The number of nitrogens with one attached hydrogen (secondary N) is 1. The lowest BCUT2D eigenvalue weighted by atomic mass is 10.1. The number of nitro groups is 1. The molecule has 0 aliphatic heterocycles. The van der Waals surface area contributed by atoms with Crippen LogP contribution < -0.4 is 5.32 Å². The second-order valence-corrected chi connectivity index (χ2v) is 3.58. The maximum atomic E-state index is 13.1. The van der Waals surface area contributed by atoms with E-state index in [-0.39, 0.29) is 11.3 Å². The van der Waals surface area contributed by atoms with Crippen molar-refractivity contribution in [3.8, 4) is 0 Å². The highest BCUT2D eigenvalue weighted by Crippen LogP contribution is 2.32. The molecule has 0 bridgehead atoms. The van der Waals surface area contributed by atoms with Gasteiger partial charge >= 0.3 is 6.18 Å². The first-order chi connectivity index (χ1) is 8.24. The Kier molecular flexibility index (Phi) is 4.10. The number of benzene rings is 1. The summed E-state index contributed by atoms with van der Waals surface area (Å²) in [5, 5.41) is 13.1. The average Bonchev–Trinajstić information content (AvgIpc) is 2.24. The molecule has 0 fully saturated rings. The van der Waals surface area contributed by atoms with Crippen LogP contribution in [0, 0.1) is 15.9 Å². The van der Waals surface area contributed by atoms with Crippen LogP contribution in [0.1, 0.15) is 12.0 Å². The minimum absolute atomic E-state index is 0.0680. The molecule has 0 heterocycles. The van der Waals surface area contributed by atoms with Crippen LogP contribution in [0.5, 0.6) is 0 Å². The average molecular weight is 266 g/mol. The number of hydrogen-bond donors (Lipinski definition) is 1. The number of halogens is 4. The zero-order chi connectivity index (χ0) is 13.9. The Balaban J connectivity index is 3.13. The number of nitrogens with zero attached hydrogens (tertiary/aromatic N) is 1. The van der Waals surface area contributed by atoms with E-state index in [1.807, 2.05) is 0 Å². The molecule has 1 N–H and O–H groups in total. The van der Waals surface area contributed by atoms with E-state index in [9.17, 15) is 27.7 Å². The molecule has 0 aromatic heterocycles. The zero-order valence-corrected chi connectivity index (χ0v) is 9.34. The summed E-state index contributed by atoms with van der Waals surface area (Å²) in [6.07, 6.45) is -6.08. The third-order valence-corrected chi connectivity index (χ3v) is 2.29. The van der Waals surface area contributed by atoms with Crippen molar-refractivity contribution in [1.82, 2.24) is 0 Å². The van der Waals surface area contributed by atoms with Crippen molar-refractivity contribution in [1.29, 1.82) is 0 Å².